The molecule has 2 atom stereocenters. The second-order valence-corrected chi connectivity index (χ2v) is 15.8. The van der Waals surface area contributed by atoms with Gasteiger partial charge in [0.1, 0.15) is 17.2 Å². The highest BCUT2D eigenvalue weighted by Gasteiger charge is 2.27. The molecule has 0 saturated heterocycles. The predicted octanol–water partition coefficient (Wildman–Crippen LogP) is 6.31. The number of hydrogen-bond acceptors (Lipinski definition) is 10. The lowest BCUT2D eigenvalue weighted by molar-refractivity contribution is -0.118. The van der Waals surface area contributed by atoms with Gasteiger partial charge in [0.2, 0.25) is 11.8 Å². The second-order valence-electron chi connectivity index (χ2n) is 15.8. The number of nitrogens with two attached hydrogens (primary N) is 2. The maximum atomic E-state index is 13.0. The molecule has 0 radical (unpaired) electrons. The SMILES string of the molecule is CC(C)(C)OC(=O)NCC(NC(=O)OC(C)(C)C)C(=O)Nc1ccc(C2=Nc3ccccc3C2)cc1.NCC(N)C(=O)Nc1ccc(C2=Nc3ccccc3C2)cc1. The van der Waals surface area contributed by atoms with Crippen molar-refractivity contribution in [1.29, 1.82) is 0 Å². The number of anilines is 2. The van der Waals surface area contributed by atoms with Crippen LogP contribution in [0.2, 0.25) is 0 Å². The second kappa shape index (κ2) is 18.7. The molecule has 0 spiro atoms. The molecule has 4 aromatic rings. The summed E-state index contributed by atoms with van der Waals surface area (Å²) in [6.07, 6.45) is 0.108. The van der Waals surface area contributed by atoms with Crippen molar-refractivity contribution >= 4 is 58.2 Å². The Balaban J connectivity index is 0.000000247. The number of aliphatic imine (C=N–C) groups is 2. The van der Waals surface area contributed by atoms with Crippen LogP contribution in [0.15, 0.2) is 107 Å². The summed E-state index contributed by atoms with van der Waals surface area (Å²) >= 11 is 0. The number of hydrogen-bond donors (Lipinski definition) is 6. The zero-order valence-electron chi connectivity index (χ0n) is 33.7. The van der Waals surface area contributed by atoms with Gasteiger partial charge in [-0.05, 0) is 100 Å². The topological polar surface area (TPSA) is 212 Å². The fourth-order valence-electron chi connectivity index (χ4n) is 5.82. The summed E-state index contributed by atoms with van der Waals surface area (Å²) in [7, 11) is 0. The third kappa shape index (κ3) is 12.6. The molecule has 0 aromatic heterocycles. The van der Waals surface area contributed by atoms with Crippen molar-refractivity contribution in [2.24, 2.45) is 21.5 Å². The van der Waals surface area contributed by atoms with Crippen LogP contribution in [0.3, 0.4) is 0 Å². The van der Waals surface area contributed by atoms with Crippen LogP contribution in [0, 0.1) is 0 Å². The van der Waals surface area contributed by atoms with Gasteiger partial charge in [0.05, 0.1) is 35.4 Å². The monoisotopic (exact) mass is 788 g/mol. The minimum absolute atomic E-state index is 0.124. The summed E-state index contributed by atoms with van der Waals surface area (Å²) in [6, 6.07) is 29.3. The van der Waals surface area contributed by atoms with Crippen LogP contribution in [-0.4, -0.2) is 71.8 Å². The quantitative estimate of drug-likeness (QED) is 0.107. The van der Waals surface area contributed by atoms with Gasteiger partial charge in [-0.15, -0.1) is 0 Å². The van der Waals surface area contributed by atoms with Crippen LogP contribution in [0.25, 0.3) is 0 Å². The number of fused-ring (bicyclic) bond motifs is 2. The van der Waals surface area contributed by atoms with Crippen LogP contribution in [0.1, 0.15) is 63.8 Å². The Labute approximate surface area is 338 Å². The number of ether oxygens (including phenoxy) is 2. The Bertz CT molecular complexity index is 2170. The van der Waals surface area contributed by atoms with Crippen molar-refractivity contribution in [3.8, 4) is 0 Å². The van der Waals surface area contributed by atoms with Gasteiger partial charge in [-0.25, -0.2) is 9.59 Å². The van der Waals surface area contributed by atoms with Crippen LogP contribution in [0.5, 0.6) is 0 Å². The number of nitrogens with one attached hydrogen (secondary N) is 4. The van der Waals surface area contributed by atoms with Crippen molar-refractivity contribution < 1.29 is 28.7 Å². The van der Waals surface area contributed by atoms with Gasteiger partial charge in [0.15, 0.2) is 0 Å². The van der Waals surface area contributed by atoms with Gasteiger partial charge >= 0.3 is 12.2 Å². The summed E-state index contributed by atoms with van der Waals surface area (Å²) in [6.45, 7) is 10.3. The minimum atomic E-state index is -1.10. The number of rotatable bonds is 10. The lowest BCUT2D eigenvalue weighted by atomic mass is 10.0. The molecule has 0 fully saturated rings. The fraction of sp³-hybridized carbons (Fsp3) is 0.318. The van der Waals surface area contributed by atoms with Crippen molar-refractivity contribution in [1.82, 2.24) is 10.6 Å². The van der Waals surface area contributed by atoms with Gasteiger partial charge in [0.25, 0.3) is 0 Å². The van der Waals surface area contributed by atoms with Crippen molar-refractivity contribution in [3.05, 3.63) is 119 Å². The van der Waals surface area contributed by atoms with Gasteiger partial charge in [0, 0.05) is 30.8 Å². The van der Waals surface area contributed by atoms with Gasteiger partial charge in [-0.3, -0.25) is 19.6 Å². The first kappa shape index (κ1) is 42.8. The summed E-state index contributed by atoms with van der Waals surface area (Å²) in [5, 5.41) is 10.6. The van der Waals surface area contributed by atoms with E-state index in [1.54, 1.807) is 53.7 Å². The maximum absolute atomic E-state index is 13.0. The molecule has 6 rings (SSSR count). The van der Waals surface area contributed by atoms with Crippen molar-refractivity contribution in [2.45, 2.75) is 77.7 Å². The largest absolute Gasteiger partial charge is 0.444 e. The Kier molecular flexibility index (Phi) is 13.8. The van der Waals surface area contributed by atoms with E-state index < -0.39 is 41.4 Å². The van der Waals surface area contributed by atoms with E-state index >= 15 is 0 Å². The van der Waals surface area contributed by atoms with Crippen LogP contribution >= 0.6 is 0 Å². The first-order chi connectivity index (χ1) is 27.5. The van der Waals surface area contributed by atoms with E-state index in [1.165, 1.54) is 11.1 Å². The maximum Gasteiger partial charge on any atom is 0.408 e. The zero-order chi connectivity index (χ0) is 42.0. The number of amides is 4. The summed E-state index contributed by atoms with van der Waals surface area (Å²) in [5.41, 5.74) is 19.2. The predicted molar refractivity (Wildman–Crippen MR) is 227 cm³/mol. The van der Waals surface area contributed by atoms with E-state index in [0.29, 0.717) is 11.4 Å². The minimum Gasteiger partial charge on any atom is -0.444 e. The average Bonchev–Trinajstić information content (AvgIpc) is 3.81. The summed E-state index contributed by atoms with van der Waals surface area (Å²) in [5.74, 6) is -0.795. The highest BCUT2D eigenvalue weighted by molar-refractivity contribution is 6.08. The number of carbonyl (C=O) groups is 4. The van der Waals surface area contributed by atoms with E-state index in [0.717, 1.165) is 46.8 Å². The average molecular weight is 789 g/mol. The molecule has 14 nitrogen and oxygen atoms in total. The third-order valence-corrected chi connectivity index (χ3v) is 8.63. The Morgan fingerprint density at radius 3 is 1.50 bits per heavy atom. The molecule has 2 heterocycles. The summed E-state index contributed by atoms with van der Waals surface area (Å²) < 4.78 is 10.5. The Morgan fingerprint density at radius 1 is 0.638 bits per heavy atom. The van der Waals surface area contributed by atoms with E-state index in [2.05, 4.69) is 43.4 Å². The lowest BCUT2D eigenvalue weighted by Crippen LogP contribution is -2.52. The van der Waals surface area contributed by atoms with Crippen LogP contribution < -0.4 is 32.7 Å². The molecule has 58 heavy (non-hydrogen) atoms. The first-order valence-electron chi connectivity index (χ1n) is 19.0. The molecule has 2 aliphatic rings. The van der Waals surface area contributed by atoms with Crippen molar-refractivity contribution in [3.63, 3.8) is 0 Å². The number of carbonyl (C=O) groups excluding carboxylic acids is 4. The molecule has 2 aliphatic heterocycles. The summed E-state index contributed by atoms with van der Waals surface area (Å²) in [4.78, 5) is 58.4. The molecular formula is C44H52N8O6. The molecule has 0 saturated carbocycles. The zero-order valence-corrected chi connectivity index (χ0v) is 33.7. The van der Waals surface area contributed by atoms with Gasteiger partial charge in [-0.2, -0.15) is 0 Å². The molecule has 4 aromatic carbocycles. The molecule has 2 unspecified atom stereocenters. The molecular weight excluding hydrogens is 737 g/mol. The van der Waals surface area contributed by atoms with E-state index in [-0.39, 0.29) is 19.0 Å². The Hall–Kier alpha value is -6.38. The molecule has 0 bridgehead atoms. The smallest absolute Gasteiger partial charge is 0.408 e. The normalized spacial score (nSPS) is 13.9. The van der Waals surface area contributed by atoms with E-state index in [1.807, 2.05) is 72.8 Å². The molecule has 4 amide bonds. The van der Waals surface area contributed by atoms with Gasteiger partial charge < -0.3 is 42.2 Å². The van der Waals surface area contributed by atoms with E-state index in [9.17, 15) is 19.2 Å². The molecule has 14 heteroatoms. The van der Waals surface area contributed by atoms with Crippen LogP contribution in [-0.2, 0) is 31.9 Å². The number of para-hydroxylation sites is 2. The lowest BCUT2D eigenvalue weighted by Gasteiger charge is -2.24. The molecule has 0 aliphatic carbocycles. The molecule has 304 valence electrons. The third-order valence-electron chi connectivity index (χ3n) is 8.63. The highest BCUT2D eigenvalue weighted by atomic mass is 16.6. The standard InChI is InChI=1S/C27H34N4O5.C17H18N4O/c1-26(2,3)35-24(33)28-16-22(31-25(34)36-27(4,5)6)23(32)29-19-13-11-17(12-14-19)21-15-18-9-7-8-10-20(18)30-21;18-10-14(19)17(22)20-13-7-5-11(6-8-13)16-9-12-3-1-2-4-15(12)21-16/h7-14,22H,15-16H2,1-6H3,(H,28,33)(H,29,32)(H,31,34);1-8,14H,9-10,18-19H2,(H,20,22). The number of nitrogens with zero attached hydrogens (tertiary/aromatic N) is 2. The Morgan fingerprint density at radius 2 is 1.07 bits per heavy atom. The fourth-order valence-corrected chi connectivity index (χ4v) is 5.82. The van der Waals surface area contributed by atoms with E-state index in [4.69, 9.17) is 20.9 Å². The van der Waals surface area contributed by atoms with Crippen LogP contribution in [0.4, 0.5) is 32.3 Å². The van der Waals surface area contributed by atoms with Crippen molar-refractivity contribution in [2.75, 3.05) is 23.7 Å². The number of benzene rings is 4. The van der Waals surface area contributed by atoms with Gasteiger partial charge in [-0.1, -0.05) is 60.7 Å². The highest BCUT2D eigenvalue weighted by Crippen LogP contribution is 2.30. The first-order valence-corrected chi connectivity index (χ1v) is 19.0. The number of alkyl carbamates (subject to hydrolysis) is 2. The molecule has 8 N–H and O–H groups in total.